The standard InChI is InChI=1S/C14H14FN3O2S/c1-18-12(9-16)4-5-14(18)11-3-2-10(13(15)8-11)6-7-21(17,19)20/h2-5,8H,6-7H2,1H3,(H2,17,19,20). The van der Waals surface area contributed by atoms with Gasteiger partial charge in [0.1, 0.15) is 17.6 Å². The molecular formula is C14H14FN3O2S. The molecule has 2 N–H and O–H groups in total. The minimum atomic E-state index is -3.61. The van der Waals surface area contributed by atoms with E-state index in [1.54, 1.807) is 29.8 Å². The van der Waals surface area contributed by atoms with Crippen molar-refractivity contribution in [3.05, 3.63) is 47.4 Å². The maximum absolute atomic E-state index is 14.0. The number of benzene rings is 1. The quantitative estimate of drug-likeness (QED) is 0.929. The minimum Gasteiger partial charge on any atom is -0.335 e. The van der Waals surface area contributed by atoms with Crippen LogP contribution in [0.5, 0.6) is 0 Å². The van der Waals surface area contributed by atoms with Crippen LogP contribution in [0.25, 0.3) is 11.3 Å². The van der Waals surface area contributed by atoms with Crippen LogP contribution in [0.15, 0.2) is 30.3 Å². The van der Waals surface area contributed by atoms with Gasteiger partial charge in [-0.1, -0.05) is 12.1 Å². The van der Waals surface area contributed by atoms with E-state index >= 15 is 0 Å². The molecule has 0 aliphatic carbocycles. The molecule has 110 valence electrons. The third-order valence-electron chi connectivity index (χ3n) is 3.24. The molecule has 0 fully saturated rings. The Morgan fingerprint density at radius 1 is 1.33 bits per heavy atom. The number of hydrogen-bond acceptors (Lipinski definition) is 3. The van der Waals surface area contributed by atoms with Crippen LogP contribution in [0.3, 0.4) is 0 Å². The van der Waals surface area contributed by atoms with Crippen LogP contribution in [-0.4, -0.2) is 18.7 Å². The fraction of sp³-hybridized carbons (Fsp3) is 0.214. The predicted molar refractivity (Wildman–Crippen MR) is 77.2 cm³/mol. The van der Waals surface area contributed by atoms with Gasteiger partial charge in [0.2, 0.25) is 10.0 Å². The van der Waals surface area contributed by atoms with Gasteiger partial charge in [-0.15, -0.1) is 0 Å². The second-order valence-electron chi connectivity index (χ2n) is 4.70. The van der Waals surface area contributed by atoms with Crippen LogP contribution in [-0.2, 0) is 23.5 Å². The van der Waals surface area contributed by atoms with E-state index in [-0.39, 0.29) is 12.2 Å². The van der Waals surface area contributed by atoms with Crippen molar-refractivity contribution >= 4 is 10.0 Å². The highest BCUT2D eigenvalue weighted by molar-refractivity contribution is 7.89. The summed E-state index contributed by atoms with van der Waals surface area (Å²) in [6, 6.07) is 9.98. The predicted octanol–water partition coefficient (Wildman–Crippen LogP) is 1.53. The first kappa shape index (κ1) is 15.2. The molecule has 0 unspecified atom stereocenters. The maximum atomic E-state index is 14.0. The smallest absolute Gasteiger partial charge is 0.209 e. The number of halogens is 1. The van der Waals surface area contributed by atoms with Crippen molar-refractivity contribution in [2.24, 2.45) is 12.2 Å². The van der Waals surface area contributed by atoms with E-state index in [1.165, 1.54) is 12.1 Å². The molecule has 1 aromatic heterocycles. The van der Waals surface area contributed by atoms with E-state index in [2.05, 4.69) is 0 Å². The van der Waals surface area contributed by atoms with Crippen LogP contribution >= 0.6 is 0 Å². The van der Waals surface area contributed by atoms with Gasteiger partial charge >= 0.3 is 0 Å². The number of aromatic nitrogens is 1. The van der Waals surface area contributed by atoms with Gasteiger partial charge in [0, 0.05) is 18.3 Å². The molecule has 0 aliphatic rings. The monoisotopic (exact) mass is 307 g/mol. The lowest BCUT2D eigenvalue weighted by Gasteiger charge is -2.07. The highest BCUT2D eigenvalue weighted by Gasteiger charge is 2.11. The van der Waals surface area contributed by atoms with E-state index in [0.29, 0.717) is 22.5 Å². The molecule has 7 heteroatoms. The number of sulfonamides is 1. The third kappa shape index (κ3) is 3.48. The summed E-state index contributed by atoms with van der Waals surface area (Å²) in [6.45, 7) is 0. The zero-order valence-corrected chi connectivity index (χ0v) is 12.2. The Hall–Kier alpha value is -2.17. The number of primary sulfonamides is 1. The number of nitrogens with two attached hydrogens (primary N) is 1. The molecule has 21 heavy (non-hydrogen) atoms. The Labute approximate surface area is 122 Å². The Balaban J connectivity index is 2.31. The highest BCUT2D eigenvalue weighted by atomic mass is 32.2. The van der Waals surface area contributed by atoms with Gasteiger partial charge in [0.15, 0.2) is 0 Å². The summed E-state index contributed by atoms with van der Waals surface area (Å²) in [7, 11) is -1.89. The van der Waals surface area contributed by atoms with E-state index in [4.69, 9.17) is 10.4 Å². The molecule has 0 aliphatic heterocycles. The molecule has 0 radical (unpaired) electrons. The summed E-state index contributed by atoms with van der Waals surface area (Å²) in [4.78, 5) is 0. The summed E-state index contributed by atoms with van der Waals surface area (Å²) in [6.07, 6.45) is 0.0293. The second kappa shape index (κ2) is 5.68. The first-order valence-electron chi connectivity index (χ1n) is 6.17. The van der Waals surface area contributed by atoms with Crippen molar-refractivity contribution < 1.29 is 12.8 Å². The van der Waals surface area contributed by atoms with Gasteiger partial charge in [-0.2, -0.15) is 5.26 Å². The SMILES string of the molecule is Cn1c(C#N)ccc1-c1ccc(CCS(N)(=O)=O)c(F)c1. The summed E-state index contributed by atoms with van der Waals surface area (Å²) in [5.41, 5.74) is 2.10. The van der Waals surface area contributed by atoms with Crippen LogP contribution in [0.2, 0.25) is 0 Å². The Morgan fingerprint density at radius 2 is 2.05 bits per heavy atom. The summed E-state index contributed by atoms with van der Waals surface area (Å²) < 4.78 is 37.5. The molecule has 0 bridgehead atoms. The van der Waals surface area contributed by atoms with Gasteiger partial charge in [-0.25, -0.2) is 17.9 Å². The molecule has 1 aromatic carbocycles. The van der Waals surface area contributed by atoms with E-state index in [0.717, 1.165) is 0 Å². The third-order valence-corrected chi connectivity index (χ3v) is 4.01. The van der Waals surface area contributed by atoms with Crippen molar-refractivity contribution in [3.8, 4) is 17.3 Å². The number of hydrogen-bond donors (Lipinski definition) is 1. The maximum Gasteiger partial charge on any atom is 0.209 e. The van der Waals surface area contributed by atoms with Crippen LogP contribution < -0.4 is 5.14 Å². The van der Waals surface area contributed by atoms with Gasteiger partial charge in [0.25, 0.3) is 0 Å². The Bertz CT molecular complexity index is 819. The zero-order valence-electron chi connectivity index (χ0n) is 11.4. The summed E-state index contributed by atoms with van der Waals surface area (Å²) in [5.74, 6) is -0.790. The normalized spacial score (nSPS) is 11.3. The van der Waals surface area contributed by atoms with E-state index in [1.807, 2.05) is 6.07 Å². The van der Waals surface area contributed by atoms with E-state index in [9.17, 15) is 12.8 Å². The van der Waals surface area contributed by atoms with Crippen LogP contribution in [0, 0.1) is 17.1 Å². The van der Waals surface area contributed by atoms with Gasteiger partial charge < -0.3 is 4.57 Å². The molecule has 0 saturated heterocycles. The summed E-state index contributed by atoms with van der Waals surface area (Å²) >= 11 is 0. The highest BCUT2D eigenvalue weighted by Crippen LogP contribution is 2.24. The number of nitrogens with zero attached hydrogens (tertiary/aromatic N) is 2. The fourth-order valence-corrected chi connectivity index (χ4v) is 2.58. The van der Waals surface area contributed by atoms with Gasteiger partial charge in [0.05, 0.1) is 5.75 Å². The zero-order chi connectivity index (χ0) is 15.6. The second-order valence-corrected chi connectivity index (χ2v) is 6.43. The average Bonchev–Trinajstić information content (AvgIpc) is 2.77. The Morgan fingerprint density at radius 3 is 2.57 bits per heavy atom. The first-order valence-corrected chi connectivity index (χ1v) is 7.88. The molecular weight excluding hydrogens is 293 g/mol. The fourth-order valence-electron chi connectivity index (χ4n) is 2.07. The topological polar surface area (TPSA) is 88.9 Å². The first-order chi connectivity index (χ1) is 9.81. The molecule has 0 saturated carbocycles. The number of rotatable bonds is 4. The summed E-state index contributed by atoms with van der Waals surface area (Å²) in [5, 5.41) is 13.8. The van der Waals surface area contributed by atoms with Gasteiger partial charge in [-0.05, 0) is 30.2 Å². The van der Waals surface area contributed by atoms with Crippen molar-refractivity contribution in [1.82, 2.24) is 4.57 Å². The molecule has 5 nitrogen and oxygen atoms in total. The van der Waals surface area contributed by atoms with Crippen molar-refractivity contribution in [2.75, 3.05) is 5.75 Å². The van der Waals surface area contributed by atoms with Crippen molar-refractivity contribution in [2.45, 2.75) is 6.42 Å². The molecule has 0 atom stereocenters. The molecule has 0 amide bonds. The van der Waals surface area contributed by atoms with Crippen LogP contribution in [0.4, 0.5) is 4.39 Å². The number of aryl methyl sites for hydroxylation is 1. The molecule has 0 spiro atoms. The van der Waals surface area contributed by atoms with Crippen LogP contribution in [0.1, 0.15) is 11.3 Å². The van der Waals surface area contributed by atoms with Crippen molar-refractivity contribution in [3.63, 3.8) is 0 Å². The molecule has 2 rings (SSSR count). The lowest BCUT2D eigenvalue weighted by molar-refractivity contribution is 0.593. The molecule has 1 heterocycles. The van der Waals surface area contributed by atoms with Crippen molar-refractivity contribution in [1.29, 1.82) is 5.26 Å². The lowest BCUT2D eigenvalue weighted by atomic mass is 10.1. The average molecular weight is 307 g/mol. The largest absolute Gasteiger partial charge is 0.335 e. The van der Waals surface area contributed by atoms with Gasteiger partial charge in [-0.3, -0.25) is 0 Å². The minimum absolute atomic E-state index is 0.0293. The molecule has 2 aromatic rings. The lowest BCUT2D eigenvalue weighted by Crippen LogP contribution is -2.18. The van der Waals surface area contributed by atoms with E-state index < -0.39 is 15.8 Å². The number of nitriles is 1. The Kier molecular flexibility index (Phi) is 4.11.